The molecule has 0 atom stereocenters. The highest BCUT2D eigenvalue weighted by atomic mass is 35.5. The van der Waals surface area contributed by atoms with E-state index in [9.17, 15) is 9.59 Å². The smallest absolute Gasteiger partial charge is 0.282 e. The first-order chi connectivity index (χ1) is 19.6. The second-order valence-corrected chi connectivity index (χ2v) is 10.0. The predicted octanol–water partition coefficient (Wildman–Crippen LogP) is 5.69. The normalized spacial score (nSPS) is 11.4. The molecule has 0 fully saturated rings. The number of benzene rings is 3. The molecule has 0 saturated heterocycles. The second kappa shape index (κ2) is 12.9. The Morgan fingerprint density at radius 2 is 1.78 bits per heavy atom. The zero-order valence-electron chi connectivity index (χ0n) is 23.7. The molecule has 214 valence electrons. The Labute approximate surface area is 243 Å². The van der Waals surface area contributed by atoms with Crippen LogP contribution in [0.15, 0.2) is 58.4 Å². The van der Waals surface area contributed by atoms with Crippen LogP contribution in [0.1, 0.15) is 50.3 Å². The third kappa shape index (κ3) is 6.52. The van der Waals surface area contributed by atoms with E-state index in [4.69, 9.17) is 36.5 Å². The van der Waals surface area contributed by atoms with Crippen LogP contribution < -0.4 is 25.5 Å². The molecular formula is C31H33ClN4O5. The molecule has 0 unspecified atom stereocenters. The monoisotopic (exact) mass is 576 g/mol. The van der Waals surface area contributed by atoms with Crippen molar-refractivity contribution in [2.75, 3.05) is 19.8 Å². The molecule has 0 aliphatic carbocycles. The van der Waals surface area contributed by atoms with Crippen molar-refractivity contribution in [3.63, 3.8) is 0 Å². The Morgan fingerprint density at radius 1 is 1.07 bits per heavy atom. The Kier molecular flexibility index (Phi) is 9.29. The van der Waals surface area contributed by atoms with Gasteiger partial charge in [-0.05, 0) is 79.8 Å². The molecule has 4 aromatic rings. The van der Waals surface area contributed by atoms with E-state index < -0.39 is 5.91 Å². The van der Waals surface area contributed by atoms with Gasteiger partial charge in [-0.1, -0.05) is 37.6 Å². The highest BCUT2D eigenvalue weighted by molar-refractivity contribution is 6.32. The average Bonchev–Trinajstić information content (AvgIpc) is 2.92. The zero-order valence-corrected chi connectivity index (χ0v) is 24.5. The quantitative estimate of drug-likeness (QED) is 0.229. The minimum Gasteiger partial charge on any atom is -0.494 e. The molecule has 0 bridgehead atoms. The number of nitrogens with two attached hydrogens (primary N) is 1. The van der Waals surface area contributed by atoms with Gasteiger partial charge in [0.15, 0.2) is 23.9 Å². The number of primary amides is 1. The number of aromatic nitrogens is 2. The molecular weight excluding hydrogens is 544 g/mol. The molecule has 2 N–H and O–H groups in total. The molecule has 9 nitrogen and oxygen atoms in total. The standard InChI is InChI=1S/C31H33ClN4O5/c1-6-39-26-12-19(5)23(15-22(26)18(3)4)30-35-25-11-9-8-10-21(25)31(38)36(30)34-16-20-13-24(32)29(41-17-28(33)37)27(14-20)40-7-2/h8-16,18H,6-7,17H2,1-5H3,(H2,33,37). The molecule has 0 aliphatic heterocycles. The third-order valence-electron chi connectivity index (χ3n) is 6.29. The number of aryl methyl sites for hydroxylation is 1. The molecule has 10 heteroatoms. The van der Waals surface area contributed by atoms with E-state index in [0.29, 0.717) is 41.3 Å². The van der Waals surface area contributed by atoms with Crippen LogP contribution in [-0.4, -0.2) is 41.6 Å². The van der Waals surface area contributed by atoms with E-state index in [0.717, 1.165) is 22.4 Å². The average molecular weight is 577 g/mol. The molecule has 0 spiro atoms. The van der Waals surface area contributed by atoms with Crippen molar-refractivity contribution >= 4 is 34.6 Å². The first-order valence-electron chi connectivity index (χ1n) is 13.4. The first-order valence-corrected chi connectivity index (χ1v) is 13.7. The molecule has 1 amide bonds. The zero-order chi connectivity index (χ0) is 29.7. The fourth-order valence-electron chi connectivity index (χ4n) is 4.41. The lowest BCUT2D eigenvalue weighted by atomic mass is 9.96. The molecule has 1 aromatic heterocycles. The lowest BCUT2D eigenvalue weighted by molar-refractivity contribution is -0.119. The summed E-state index contributed by atoms with van der Waals surface area (Å²) in [5, 5.41) is 5.21. The van der Waals surface area contributed by atoms with Crippen LogP contribution in [0.5, 0.6) is 17.2 Å². The van der Waals surface area contributed by atoms with E-state index in [1.807, 2.05) is 39.0 Å². The number of ether oxygens (including phenoxy) is 3. The highest BCUT2D eigenvalue weighted by Crippen LogP contribution is 2.37. The SMILES string of the molecule is CCOc1cc(C)c(-c2nc3ccccc3c(=O)n2N=Cc2cc(Cl)c(OCC(N)=O)c(OCC)c2)cc1C(C)C. The topological polar surface area (TPSA) is 118 Å². The Morgan fingerprint density at radius 3 is 2.46 bits per heavy atom. The molecule has 41 heavy (non-hydrogen) atoms. The molecule has 3 aromatic carbocycles. The summed E-state index contributed by atoms with van der Waals surface area (Å²) >= 11 is 6.47. The number of hydrogen-bond acceptors (Lipinski definition) is 7. The van der Waals surface area contributed by atoms with Gasteiger partial charge in [0, 0.05) is 5.56 Å². The Balaban J connectivity index is 1.90. The lowest BCUT2D eigenvalue weighted by Gasteiger charge is -2.18. The fourth-order valence-corrected chi connectivity index (χ4v) is 4.68. The predicted molar refractivity (Wildman–Crippen MR) is 162 cm³/mol. The van der Waals surface area contributed by atoms with Gasteiger partial charge in [0.2, 0.25) is 0 Å². The van der Waals surface area contributed by atoms with E-state index in [1.165, 1.54) is 10.9 Å². The van der Waals surface area contributed by atoms with Crippen molar-refractivity contribution < 1.29 is 19.0 Å². The summed E-state index contributed by atoms with van der Waals surface area (Å²) in [6.45, 7) is 10.4. The van der Waals surface area contributed by atoms with Crippen LogP contribution in [0.25, 0.3) is 22.3 Å². The second-order valence-electron chi connectivity index (χ2n) is 9.62. The first kappa shape index (κ1) is 29.6. The Bertz CT molecular complexity index is 1680. The van der Waals surface area contributed by atoms with Gasteiger partial charge in [-0.25, -0.2) is 4.98 Å². The van der Waals surface area contributed by atoms with Gasteiger partial charge in [0.1, 0.15) is 5.75 Å². The van der Waals surface area contributed by atoms with Gasteiger partial charge >= 0.3 is 0 Å². The number of hydrogen-bond donors (Lipinski definition) is 1. The van der Waals surface area contributed by atoms with Crippen LogP contribution in [0.3, 0.4) is 0 Å². The van der Waals surface area contributed by atoms with Gasteiger partial charge in [-0.3, -0.25) is 9.59 Å². The van der Waals surface area contributed by atoms with Gasteiger partial charge in [0.25, 0.3) is 11.5 Å². The van der Waals surface area contributed by atoms with Crippen molar-refractivity contribution in [3.05, 3.63) is 80.6 Å². The molecule has 4 rings (SSSR count). The summed E-state index contributed by atoms with van der Waals surface area (Å²) in [7, 11) is 0. The summed E-state index contributed by atoms with van der Waals surface area (Å²) < 4.78 is 18.3. The number of carbonyl (C=O) groups is 1. The van der Waals surface area contributed by atoms with Crippen LogP contribution in [0.2, 0.25) is 5.02 Å². The molecule has 0 aliphatic rings. The molecule has 0 radical (unpaired) electrons. The van der Waals surface area contributed by atoms with E-state index in [2.05, 4.69) is 18.9 Å². The van der Waals surface area contributed by atoms with Crippen LogP contribution in [0.4, 0.5) is 0 Å². The lowest BCUT2D eigenvalue weighted by Crippen LogP contribution is -2.21. The number of nitrogens with zero attached hydrogens (tertiary/aromatic N) is 3. The number of halogens is 1. The summed E-state index contributed by atoms with van der Waals surface area (Å²) in [6, 6.07) is 14.4. The van der Waals surface area contributed by atoms with Crippen LogP contribution >= 0.6 is 11.6 Å². The maximum atomic E-state index is 13.8. The largest absolute Gasteiger partial charge is 0.494 e. The number of rotatable bonds is 11. The summed E-state index contributed by atoms with van der Waals surface area (Å²) in [5.41, 5.74) is 8.67. The van der Waals surface area contributed by atoms with Crippen LogP contribution in [-0.2, 0) is 4.79 Å². The van der Waals surface area contributed by atoms with Crippen molar-refractivity contribution in [3.8, 4) is 28.6 Å². The van der Waals surface area contributed by atoms with Gasteiger partial charge in [-0.15, -0.1) is 0 Å². The number of para-hydroxylation sites is 1. The van der Waals surface area contributed by atoms with E-state index in [-0.39, 0.29) is 28.9 Å². The summed E-state index contributed by atoms with van der Waals surface area (Å²) in [5.74, 6) is 1.24. The summed E-state index contributed by atoms with van der Waals surface area (Å²) in [4.78, 5) is 29.9. The van der Waals surface area contributed by atoms with Gasteiger partial charge in [0.05, 0.1) is 35.4 Å². The van der Waals surface area contributed by atoms with Gasteiger partial charge < -0.3 is 19.9 Å². The number of carbonyl (C=O) groups excluding carboxylic acids is 1. The van der Waals surface area contributed by atoms with Crippen molar-refractivity contribution in [2.24, 2.45) is 10.8 Å². The maximum Gasteiger partial charge on any atom is 0.282 e. The van der Waals surface area contributed by atoms with Crippen LogP contribution in [0, 0.1) is 6.92 Å². The van der Waals surface area contributed by atoms with Gasteiger partial charge in [-0.2, -0.15) is 9.78 Å². The van der Waals surface area contributed by atoms with Crippen molar-refractivity contribution in [1.29, 1.82) is 0 Å². The van der Waals surface area contributed by atoms with E-state index >= 15 is 0 Å². The summed E-state index contributed by atoms with van der Waals surface area (Å²) in [6.07, 6.45) is 1.50. The van der Waals surface area contributed by atoms with Crippen molar-refractivity contribution in [1.82, 2.24) is 9.66 Å². The molecule has 1 heterocycles. The Hall–Kier alpha value is -4.37. The maximum absolute atomic E-state index is 13.8. The molecule has 0 saturated carbocycles. The minimum atomic E-state index is -0.643. The number of amides is 1. The number of fused-ring (bicyclic) bond motifs is 1. The van der Waals surface area contributed by atoms with Crippen molar-refractivity contribution in [2.45, 2.75) is 40.5 Å². The fraction of sp³-hybridized carbons (Fsp3) is 0.290. The van der Waals surface area contributed by atoms with E-state index in [1.54, 1.807) is 30.3 Å². The minimum absolute atomic E-state index is 0.175. The highest BCUT2D eigenvalue weighted by Gasteiger charge is 2.19. The third-order valence-corrected chi connectivity index (χ3v) is 6.57.